The fraction of sp³-hybridized carbons (Fsp3) is 0.417. The molecule has 0 unspecified atom stereocenters. The molecule has 7 heteroatoms. The van der Waals surface area contributed by atoms with Gasteiger partial charge >= 0.3 is 0 Å². The van der Waals surface area contributed by atoms with Crippen LogP contribution >= 0.6 is 23.2 Å². The molecular weight excluding hydrogens is 309 g/mol. The SMILES string of the molecule is CC(C)(C)NS(=O)(=O)c1cc(C(=O)CCl)ccc1Cl. The highest BCUT2D eigenvalue weighted by Gasteiger charge is 2.25. The predicted molar refractivity (Wildman–Crippen MR) is 76.6 cm³/mol. The normalized spacial score (nSPS) is 12.5. The van der Waals surface area contributed by atoms with Crippen LogP contribution in [0.4, 0.5) is 0 Å². The van der Waals surface area contributed by atoms with Gasteiger partial charge in [-0.25, -0.2) is 13.1 Å². The van der Waals surface area contributed by atoms with Crippen molar-refractivity contribution in [2.24, 2.45) is 0 Å². The summed E-state index contributed by atoms with van der Waals surface area (Å²) in [5, 5.41) is 0.0582. The van der Waals surface area contributed by atoms with Crippen molar-refractivity contribution >= 4 is 39.0 Å². The maximum absolute atomic E-state index is 12.2. The molecule has 0 atom stereocenters. The average molecular weight is 324 g/mol. The van der Waals surface area contributed by atoms with Crippen molar-refractivity contribution in [2.75, 3.05) is 5.88 Å². The topological polar surface area (TPSA) is 63.2 Å². The lowest BCUT2D eigenvalue weighted by Gasteiger charge is -2.21. The molecule has 0 spiro atoms. The molecule has 0 heterocycles. The first-order valence-electron chi connectivity index (χ1n) is 5.49. The molecule has 1 aromatic carbocycles. The molecule has 0 amide bonds. The van der Waals surface area contributed by atoms with Gasteiger partial charge in [0.2, 0.25) is 10.0 Å². The molecule has 0 radical (unpaired) electrons. The molecule has 4 nitrogen and oxygen atoms in total. The second-order valence-corrected chi connectivity index (χ2v) is 7.38. The quantitative estimate of drug-likeness (QED) is 0.684. The zero-order valence-electron chi connectivity index (χ0n) is 10.8. The van der Waals surface area contributed by atoms with Gasteiger partial charge in [0.1, 0.15) is 4.90 Å². The van der Waals surface area contributed by atoms with E-state index in [1.165, 1.54) is 18.2 Å². The molecule has 0 saturated heterocycles. The summed E-state index contributed by atoms with van der Waals surface area (Å²) in [5.41, 5.74) is -0.428. The fourth-order valence-corrected chi connectivity index (χ4v) is 3.52. The molecule has 106 valence electrons. The van der Waals surface area contributed by atoms with Crippen LogP contribution in [0.25, 0.3) is 0 Å². The van der Waals surface area contributed by atoms with Gasteiger partial charge in [-0.2, -0.15) is 0 Å². The number of ketones is 1. The van der Waals surface area contributed by atoms with Gasteiger partial charge in [-0.05, 0) is 39.0 Å². The summed E-state index contributed by atoms with van der Waals surface area (Å²) in [6, 6.07) is 4.06. The number of sulfonamides is 1. The van der Waals surface area contributed by atoms with Crippen LogP contribution in [-0.4, -0.2) is 25.6 Å². The van der Waals surface area contributed by atoms with Crippen molar-refractivity contribution in [1.82, 2.24) is 4.72 Å². The zero-order chi connectivity index (χ0) is 14.8. The summed E-state index contributed by atoms with van der Waals surface area (Å²) in [5.74, 6) is -0.570. The Balaban J connectivity index is 3.30. The maximum Gasteiger partial charge on any atom is 0.242 e. The van der Waals surface area contributed by atoms with Crippen molar-refractivity contribution in [2.45, 2.75) is 31.2 Å². The number of halogens is 2. The number of carbonyl (C=O) groups excluding carboxylic acids is 1. The summed E-state index contributed by atoms with van der Waals surface area (Å²) in [6.07, 6.45) is 0. The first-order valence-corrected chi connectivity index (χ1v) is 7.89. The average Bonchev–Trinajstić information content (AvgIpc) is 2.25. The Hall–Kier alpha value is -0.620. The molecule has 0 saturated carbocycles. The van der Waals surface area contributed by atoms with E-state index in [1.807, 2.05) is 0 Å². The Morgan fingerprint density at radius 3 is 2.37 bits per heavy atom. The third-order valence-corrected chi connectivity index (χ3v) is 4.59. The van der Waals surface area contributed by atoms with E-state index in [-0.39, 0.29) is 27.1 Å². The Bertz CT molecular complexity index is 591. The van der Waals surface area contributed by atoms with Crippen LogP contribution in [0.2, 0.25) is 5.02 Å². The van der Waals surface area contributed by atoms with Gasteiger partial charge in [-0.15, -0.1) is 11.6 Å². The number of hydrogen-bond acceptors (Lipinski definition) is 3. The Kier molecular flexibility index (Phi) is 5.01. The molecule has 0 aromatic heterocycles. The van der Waals surface area contributed by atoms with Crippen LogP contribution in [0.5, 0.6) is 0 Å². The van der Waals surface area contributed by atoms with E-state index in [2.05, 4.69) is 4.72 Å². The molecule has 0 aliphatic heterocycles. The van der Waals surface area contributed by atoms with Gasteiger partial charge < -0.3 is 0 Å². The molecule has 1 aromatic rings. The van der Waals surface area contributed by atoms with Gasteiger partial charge in [0.15, 0.2) is 5.78 Å². The van der Waals surface area contributed by atoms with Gasteiger partial charge in [-0.1, -0.05) is 11.6 Å². The van der Waals surface area contributed by atoms with Crippen LogP contribution in [0.15, 0.2) is 23.1 Å². The molecule has 1 rings (SSSR count). The lowest BCUT2D eigenvalue weighted by Crippen LogP contribution is -2.40. The lowest BCUT2D eigenvalue weighted by molar-refractivity contribution is 0.102. The summed E-state index contributed by atoms with van der Waals surface area (Å²) < 4.78 is 26.9. The Labute approximate surface area is 123 Å². The second kappa shape index (κ2) is 5.79. The van der Waals surface area contributed by atoms with Crippen LogP contribution in [0.1, 0.15) is 31.1 Å². The predicted octanol–water partition coefficient (Wildman–Crippen LogP) is 2.84. The molecule has 0 bridgehead atoms. The van der Waals surface area contributed by atoms with Crippen molar-refractivity contribution in [3.63, 3.8) is 0 Å². The first kappa shape index (κ1) is 16.4. The van der Waals surface area contributed by atoms with Crippen molar-refractivity contribution in [3.05, 3.63) is 28.8 Å². The minimum atomic E-state index is -3.79. The lowest BCUT2D eigenvalue weighted by atomic mass is 10.1. The summed E-state index contributed by atoms with van der Waals surface area (Å²) in [6.45, 7) is 5.14. The van der Waals surface area contributed by atoms with Crippen LogP contribution < -0.4 is 4.72 Å². The molecule has 19 heavy (non-hydrogen) atoms. The number of nitrogens with one attached hydrogen (secondary N) is 1. The van der Waals surface area contributed by atoms with E-state index in [9.17, 15) is 13.2 Å². The minimum Gasteiger partial charge on any atom is -0.293 e. The molecular formula is C12H15Cl2NO3S. The Morgan fingerprint density at radius 1 is 1.32 bits per heavy atom. The van der Waals surface area contributed by atoms with E-state index in [0.717, 1.165) is 0 Å². The highest BCUT2D eigenvalue weighted by Crippen LogP contribution is 2.24. The highest BCUT2D eigenvalue weighted by molar-refractivity contribution is 7.89. The van der Waals surface area contributed by atoms with E-state index in [4.69, 9.17) is 23.2 Å². The van der Waals surface area contributed by atoms with Gasteiger partial charge in [0.05, 0.1) is 10.9 Å². The van der Waals surface area contributed by atoms with Crippen LogP contribution in [-0.2, 0) is 10.0 Å². The standard InChI is InChI=1S/C12H15Cl2NO3S/c1-12(2,3)15-19(17,18)11-6-8(10(16)7-13)4-5-9(11)14/h4-6,15H,7H2,1-3H3. The molecule has 1 N–H and O–H groups in total. The van der Waals surface area contributed by atoms with E-state index < -0.39 is 15.6 Å². The number of hydrogen-bond donors (Lipinski definition) is 1. The number of carbonyl (C=O) groups is 1. The Morgan fingerprint density at radius 2 is 1.89 bits per heavy atom. The van der Waals surface area contributed by atoms with Gasteiger partial charge in [0.25, 0.3) is 0 Å². The number of rotatable bonds is 4. The number of Topliss-reactive ketones (excluding diaryl/α,β-unsaturated/α-hetero) is 1. The van der Waals surface area contributed by atoms with Gasteiger partial charge in [-0.3, -0.25) is 4.79 Å². The largest absolute Gasteiger partial charge is 0.293 e. The van der Waals surface area contributed by atoms with Crippen LogP contribution in [0, 0.1) is 0 Å². The molecule has 0 aliphatic carbocycles. The van der Waals surface area contributed by atoms with E-state index in [1.54, 1.807) is 20.8 Å². The van der Waals surface area contributed by atoms with E-state index in [0.29, 0.717) is 0 Å². The number of benzene rings is 1. The smallest absolute Gasteiger partial charge is 0.242 e. The van der Waals surface area contributed by atoms with Gasteiger partial charge in [0, 0.05) is 11.1 Å². The van der Waals surface area contributed by atoms with E-state index >= 15 is 0 Å². The fourth-order valence-electron chi connectivity index (χ4n) is 1.42. The monoisotopic (exact) mass is 323 g/mol. The van der Waals surface area contributed by atoms with Crippen molar-refractivity contribution in [1.29, 1.82) is 0 Å². The third-order valence-electron chi connectivity index (χ3n) is 2.10. The molecule has 0 aliphatic rings. The zero-order valence-corrected chi connectivity index (χ0v) is 13.2. The van der Waals surface area contributed by atoms with Crippen molar-refractivity contribution in [3.8, 4) is 0 Å². The van der Waals surface area contributed by atoms with Crippen LogP contribution in [0.3, 0.4) is 0 Å². The summed E-state index contributed by atoms with van der Waals surface area (Å²) in [7, 11) is -3.79. The first-order chi connectivity index (χ1) is 8.57. The van der Waals surface area contributed by atoms with Crippen molar-refractivity contribution < 1.29 is 13.2 Å². The summed E-state index contributed by atoms with van der Waals surface area (Å²) in [4.78, 5) is 11.4. The summed E-state index contributed by atoms with van der Waals surface area (Å²) >= 11 is 11.3. The number of alkyl halides is 1. The third kappa shape index (κ3) is 4.45. The maximum atomic E-state index is 12.2. The molecule has 0 fully saturated rings. The second-order valence-electron chi connectivity index (χ2n) is 5.06. The minimum absolute atomic E-state index is 0.0582. The highest BCUT2D eigenvalue weighted by atomic mass is 35.5.